The number of carbonyl (C=O) groups is 4. The Balaban J connectivity index is 1.10. The van der Waals surface area contributed by atoms with Crippen LogP contribution in [0.1, 0.15) is 55.1 Å². The molecule has 0 spiro atoms. The summed E-state index contributed by atoms with van der Waals surface area (Å²) in [6.45, 7) is 10.5. The first-order valence-corrected chi connectivity index (χ1v) is 13.9. The van der Waals surface area contributed by atoms with E-state index in [0.717, 1.165) is 50.4 Å². The van der Waals surface area contributed by atoms with Crippen LogP contribution in [0, 0.1) is 0 Å². The highest BCUT2D eigenvalue weighted by molar-refractivity contribution is 6.05. The largest absolute Gasteiger partial charge is 0.444 e. The molecule has 2 saturated heterocycles. The van der Waals surface area contributed by atoms with Gasteiger partial charge in [0, 0.05) is 62.6 Å². The van der Waals surface area contributed by atoms with Crippen LogP contribution < -0.4 is 15.5 Å². The lowest BCUT2D eigenvalue weighted by Crippen LogP contribution is -2.52. The molecule has 1 atom stereocenters. The molecule has 3 aliphatic rings. The number of carbonyl (C=O) groups excluding carboxylic acids is 4. The second-order valence-electron chi connectivity index (χ2n) is 11.6. The van der Waals surface area contributed by atoms with E-state index in [4.69, 9.17) is 4.74 Å². The molecule has 3 heterocycles. The van der Waals surface area contributed by atoms with Crippen molar-refractivity contribution in [3.05, 3.63) is 59.2 Å². The fourth-order valence-corrected chi connectivity index (χ4v) is 5.45. The van der Waals surface area contributed by atoms with Crippen molar-refractivity contribution in [1.82, 2.24) is 15.1 Å². The van der Waals surface area contributed by atoms with Gasteiger partial charge in [0.1, 0.15) is 11.6 Å². The summed E-state index contributed by atoms with van der Waals surface area (Å²) in [6, 6.07) is 13.2. The molecule has 1 unspecified atom stereocenters. The predicted octanol–water partition coefficient (Wildman–Crippen LogP) is 3.16. The van der Waals surface area contributed by atoms with E-state index in [1.54, 1.807) is 4.90 Å². The van der Waals surface area contributed by atoms with Crippen molar-refractivity contribution in [1.29, 1.82) is 0 Å². The minimum absolute atomic E-state index is 0.144. The third-order valence-corrected chi connectivity index (χ3v) is 7.56. The molecule has 2 N–H and O–H groups in total. The molecule has 0 bridgehead atoms. The molecule has 4 amide bonds. The van der Waals surface area contributed by atoms with E-state index in [0.29, 0.717) is 24.2 Å². The SMILES string of the molecule is CC(C)(C)OC(=O)Nc1ccc(CCN2CCN(c3ccc4c(c3)CN(C3CCC(=O)NC3=O)C4=O)CC2)cc1. The molecule has 212 valence electrons. The summed E-state index contributed by atoms with van der Waals surface area (Å²) in [7, 11) is 0. The van der Waals surface area contributed by atoms with Crippen molar-refractivity contribution < 1.29 is 23.9 Å². The van der Waals surface area contributed by atoms with Gasteiger partial charge in [0.05, 0.1) is 0 Å². The summed E-state index contributed by atoms with van der Waals surface area (Å²) in [5.41, 5.74) is 4.04. The van der Waals surface area contributed by atoms with Crippen molar-refractivity contribution >= 4 is 35.2 Å². The van der Waals surface area contributed by atoms with E-state index in [1.807, 2.05) is 57.2 Å². The number of piperidine rings is 1. The average Bonchev–Trinajstić information content (AvgIpc) is 3.23. The quantitative estimate of drug-likeness (QED) is 0.535. The Kier molecular flexibility index (Phi) is 7.80. The molecular weight excluding hydrogens is 510 g/mol. The van der Waals surface area contributed by atoms with E-state index in [2.05, 4.69) is 26.5 Å². The topological polar surface area (TPSA) is 111 Å². The molecule has 3 aliphatic heterocycles. The lowest BCUT2D eigenvalue weighted by Gasteiger charge is -2.36. The Labute approximate surface area is 234 Å². The van der Waals surface area contributed by atoms with Crippen LogP contribution in [0.15, 0.2) is 42.5 Å². The van der Waals surface area contributed by atoms with Crippen LogP contribution in [0.4, 0.5) is 16.2 Å². The van der Waals surface area contributed by atoms with E-state index in [-0.39, 0.29) is 24.1 Å². The fraction of sp³-hybridized carbons (Fsp3) is 0.467. The van der Waals surface area contributed by atoms with Crippen LogP contribution in [-0.2, 0) is 27.3 Å². The molecule has 2 fully saturated rings. The summed E-state index contributed by atoms with van der Waals surface area (Å²) < 4.78 is 5.30. The van der Waals surface area contributed by atoms with Gasteiger partial charge in [-0.15, -0.1) is 0 Å². The van der Waals surface area contributed by atoms with Crippen LogP contribution in [-0.4, -0.2) is 78.0 Å². The number of hydrogen-bond donors (Lipinski definition) is 2. The Bertz CT molecular complexity index is 1290. The summed E-state index contributed by atoms with van der Waals surface area (Å²) in [6.07, 6.45) is 1.08. The third-order valence-electron chi connectivity index (χ3n) is 7.56. The van der Waals surface area contributed by atoms with Crippen LogP contribution >= 0.6 is 0 Å². The number of ether oxygens (including phenoxy) is 1. The molecule has 10 nitrogen and oxygen atoms in total. The zero-order valence-electron chi connectivity index (χ0n) is 23.4. The van der Waals surface area contributed by atoms with Gasteiger partial charge in [-0.2, -0.15) is 0 Å². The monoisotopic (exact) mass is 547 g/mol. The standard InChI is InChI=1S/C30H37N5O5/c1-30(2,3)40-29(39)31-22-6-4-20(5-7-22)12-13-33-14-16-34(17-15-33)23-8-9-24-21(18-23)19-35(28(24)38)25-10-11-26(36)32-27(25)37/h4-9,18,25H,10-17,19H2,1-3H3,(H,31,39)(H,32,36,37). The predicted molar refractivity (Wildman–Crippen MR) is 151 cm³/mol. The van der Waals surface area contributed by atoms with E-state index in [1.165, 1.54) is 5.56 Å². The normalized spacial score (nSPS) is 19.9. The fourth-order valence-electron chi connectivity index (χ4n) is 5.45. The van der Waals surface area contributed by atoms with Crippen molar-refractivity contribution in [2.24, 2.45) is 0 Å². The van der Waals surface area contributed by atoms with Gasteiger partial charge in [0.15, 0.2) is 0 Å². The number of imide groups is 1. The number of fused-ring (bicyclic) bond motifs is 1. The smallest absolute Gasteiger partial charge is 0.412 e. The van der Waals surface area contributed by atoms with Gasteiger partial charge in [-0.3, -0.25) is 29.9 Å². The maximum Gasteiger partial charge on any atom is 0.412 e. The summed E-state index contributed by atoms with van der Waals surface area (Å²) in [5.74, 6) is -0.811. The number of nitrogens with zero attached hydrogens (tertiary/aromatic N) is 3. The number of benzene rings is 2. The van der Waals surface area contributed by atoms with E-state index < -0.39 is 17.7 Å². The van der Waals surface area contributed by atoms with Crippen molar-refractivity contribution in [3.8, 4) is 0 Å². The molecule has 10 heteroatoms. The molecule has 0 aromatic heterocycles. The highest BCUT2D eigenvalue weighted by Crippen LogP contribution is 2.31. The Morgan fingerprint density at radius 1 is 1.02 bits per heavy atom. The van der Waals surface area contributed by atoms with Gasteiger partial charge in [-0.1, -0.05) is 12.1 Å². The first kappa shape index (κ1) is 27.6. The van der Waals surface area contributed by atoms with Crippen LogP contribution in [0.5, 0.6) is 0 Å². The van der Waals surface area contributed by atoms with Gasteiger partial charge >= 0.3 is 6.09 Å². The third kappa shape index (κ3) is 6.44. The van der Waals surface area contributed by atoms with Gasteiger partial charge in [0.2, 0.25) is 11.8 Å². The number of rotatable bonds is 6. The van der Waals surface area contributed by atoms with Gasteiger partial charge in [0.25, 0.3) is 5.91 Å². The van der Waals surface area contributed by atoms with Gasteiger partial charge in [-0.25, -0.2) is 4.79 Å². The highest BCUT2D eigenvalue weighted by atomic mass is 16.6. The van der Waals surface area contributed by atoms with Crippen LogP contribution in [0.3, 0.4) is 0 Å². The minimum Gasteiger partial charge on any atom is -0.444 e. The average molecular weight is 548 g/mol. The summed E-state index contributed by atoms with van der Waals surface area (Å²) >= 11 is 0. The maximum absolute atomic E-state index is 13.0. The van der Waals surface area contributed by atoms with E-state index in [9.17, 15) is 19.2 Å². The lowest BCUT2D eigenvalue weighted by molar-refractivity contribution is -0.136. The molecule has 0 radical (unpaired) electrons. The highest BCUT2D eigenvalue weighted by Gasteiger charge is 2.39. The second kappa shape index (κ2) is 11.3. The molecule has 0 saturated carbocycles. The van der Waals surface area contributed by atoms with Crippen LogP contribution in [0.25, 0.3) is 0 Å². The first-order valence-electron chi connectivity index (χ1n) is 13.9. The maximum atomic E-state index is 13.0. The molecule has 0 aliphatic carbocycles. The molecule has 2 aromatic rings. The number of nitrogens with one attached hydrogen (secondary N) is 2. The number of piperazine rings is 1. The van der Waals surface area contributed by atoms with Crippen molar-refractivity contribution in [2.75, 3.05) is 42.9 Å². The first-order chi connectivity index (χ1) is 19.1. The van der Waals surface area contributed by atoms with Crippen LogP contribution in [0.2, 0.25) is 0 Å². The molecule has 5 rings (SSSR count). The Morgan fingerprint density at radius 2 is 1.75 bits per heavy atom. The van der Waals surface area contributed by atoms with Gasteiger partial charge in [-0.05, 0) is 75.1 Å². The lowest BCUT2D eigenvalue weighted by atomic mass is 10.0. The zero-order chi connectivity index (χ0) is 28.4. The van der Waals surface area contributed by atoms with Crippen molar-refractivity contribution in [3.63, 3.8) is 0 Å². The molecule has 40 heavy (non-hydrogen) atoms. The van der Waals surface area contributed by atoms with E-state index >= 15 is 0 Å². The molecule has 2 aromatic carbocycles. The molecular formula is C30H37N5O5. The number of amides is 4. The number of hydrogen-bond acceptors (Lipinski definition) is 7. The Morgan fingerprint density at radius 3 is 2.42 bits per heavy atom. The Hall–Kier alpha value is -3.92. The minimum atomic E-state index is -0.595. The zero-order valence-corrected chi connectivity index (χ0v) is 23.4. The second-order valence-corrected chi connectivity index (χ2v) is 11.6. The summed E-state index contributed by atoms with van der Waals surface area (Å²) in [5, 5.41) is 5.12. The number of anilines is 2. The summed E-state index contributed by atoms with van der Waals surface area (Å²) in [4.78, 5) is 55.1. The van der Waals surface area contributed by atoms with Gasteiger partial charge < -0.3 is 14.5 Å². The van der Waals surface area contributed by atoms with Crippen molar-refractivity contribution in [2.45, 2.75) is 58.2 Å².